The molecule has 0 saturated heterocycles. The number of rotatable bonds is 0. The van der Waals surface area contributed by atoms with E-state index in [1.807, 2.05) is 0 Å². The predicted octanol–water partition coefficient (Wildman–Crippen LogP) is 0.192. The molecule has 0 nitrogen and oxygen atoms in total. The summed E-state index contributed by atoms with van der Waals surface area (Å²) in [5.74, 6) is 0. The molecule has 1 heterocycles. The van der Waals surface area contributed by atoms with E-state index in [9.17, 15) is 0 Å². The van der Waals surface area contributed by atoms with Gasteiger partial charge in [-0.1, -0.05) is 0 Å². The summed E-state index contributed by atoms with van der Waals surface area (Å²) in [5.41, 5.74) is 0. The van der Waals surface area contributed by atoms with Crippen LogP contribution in [0, 0.1) is 0 Å². The van der Waals surface area contributed by atoms with E-state index in [1.54, 1.807) is 0 Å². The molecule has 0 spiro atoms. The van der Waals surface area contributed by atoms with Crippen molar-refractivity contribution in [3.05, 3.63) is 24.3 Å². The van der Waals surface area contributed by atoms with Crippen LogP contribution in [0.25, 0.3) is 10.6 Å². The Hall–Kier alpha value is -0.520. The van der Waals surface area contributed by atoms with Crippen LogP contribution in [-0.2, 0) is 0 Å². The van der Waals surface area contributed by atoms with Crippen LogP contribution >= 0.6 is 0 Å². The molecule has 0 radical (unpaired) electrons. The van der Waals surface area contributed by atoms with Crippen molar-refractivity contribution in [2.75, 3.05) is 0 Å². The van der Waals surface area contributed by atoms with E-state index in [0.717, 1.165) is 0 Å². The van der Waals surface area contributed by atoms with Gasteiger partial charge in [-0.15, -0.1) is 0 Å². The van der Waals surface area contributed by atoms with E-state index in [1.165, 1.54) is 10.6 Å². The maximum atomic E-state index is 2.12. The second-order valence-corrected chi connectivity index (χ2v) is 2.35. The molecule has 0 bridgehead atoms. The summed E-state index contributed by atoms with van der Waals surface area (Å²) in [4.78, 5) is 0. The van der Waals surface area contributed by atoms with Crippen LogP contribution in [0.5, 0.6) is 0 Å². The van der Waals surface area contributed by atoms with Gasteiger partial charge in [0.1, 0.15) is 0 Å². The van der Waals surface area contributed by atoms with Crippen molar-refractivity contribution >= 4 is 37.5 Å². The molecular weight excluding hydrogens is 115 g/mol. The molecule has 2 aromatic rings. The maximum absolute atomic E-state index is 2.12. The van der Waals surface area contributed by atoms with Gasteiger partial charge >= 0.3 is 61.8 Å². The Kier molecular flexibility index (Phi) is 1.62. The van der Waals surface area contributed by atoms with Crippen molar-refractivity contribution in [1.29, 1.82) is 0 Å². The van der Waals surface area contributed by atoms with Gasteiger partial charge in [0.15, 0.2) is 0 Å². The molecule has 10 heavy (non-hydrogen) atoms. The second kappa shape index (κ2) is 2.61. The predicted molar refractivity (Wildman–Crippen MR) is 49.3 cm³/mol. The third-order valence-electron chi connectivity index (χ3n) is 1.66. The molecule has 0 aliphatic rings. The first-order valence-corrected chi connectivity index (χ1v) is 3.40. The number of hydrogen-bond acceptors (Lipinski definition) is 0. The molecule has 0 amide bonds. The molecule has 4 heteroatoms. The van der Waals surface area contributed by atoms with Gasteiger partial charge in [0.2, 0.25) is 0 Å². The van der Waals surface area contributed by atoms with Gasteiger partial charge in [0, 0.05) is 0 Å². The van der Waals surface area contributed by atoms with Gasteiger partial charge in [-0.3, -0.25) is 0 Å². The first-order valence-electron chi connectivity index (χ1n) is 3.40. The fourth-order valence-corrected chi connectivity index (χ4v) is 1.13. The summed E-state index contributed by atoms with van der Waals surface area (Å²) in [6.07, 6.45) is 0. The van der Waals surface area contributed by atoms with Crippen molar-refractivity contribution in [1.82, 2.24) is 0 Å². The Bertz CT molecular complexity index is 281. The minimum atomic E-state index is 1.31. The average molecular weight is 119 g/mol. The molecule has 0 saturated carbocycles. The molecular formula is C6H4B4. The first-order chi connectivity index (χ1) is 4.97. The summed E-state index contributed by atoms with van der Waals surface area (Å²) in [6.45, 7) is 8.36. The van der Waals surface area contributed by atoms with Crippen LogP contribution < -0.4 is 0 Å². The fraction of sp³-hybridized carbons (Fsp3) is 0. The Morgan fingerprint density at radius 3 is 1.80 bits per heavy atom. The molecule has 0 fully saturated rings. The zero-order valence-corrected chi connectivity index (χ0v) is 5.62. The monoisotopic (exact) mass is 120 g/mol. The fourth-order valence-electron chi connectivity index (χ4n) is 1.13. The van der Waals surface area contributed by atoms with Crippen molar-refractivity contribution < 1.29 is 0 Å². The van der Waals surface area contributed by atoms with E-state index in [0.29, 0.717) is 0 Å². The van der Waals surface area contributed by atoms with Gasteiger partial charge in [0.25, 0.3) is 0 Å². The molecule has 0 aliphatic heterocycles. The summed E-state index contributed by atoms with van der Waals surface area (Å²) in [7, 11) is 0. The zero-order valence-electron chi connectivity index (χ0n) is 5.62. The summed E-state index contributed by atoms with van der Waals surface area (Å²) < 4.78 is 0. The van der Waals surface area contributed by atoms with Gasteiger partial charge < -0.3 is 0 Å². The zero-order chi connectivity index (χ0) is 6.81. The normalized spacial score (nSPS) is 8.40. The van der Waals surface area contributed by atoms with E-state index < -0.39 is 0 Å². The summed E-state index contributed by atoms with van der Waals surface area (Å²) in [6, 6.07) is 8.36. The quantitative estimate of drug-likeness (QED) is 0.464. The SMILES string of the molecule is b1bbc2ccccc2b1. The third kappa shape index (κ3) is 1.03. The number of benzene rings is 1. The standard InChI is InChI=1S/C6H4B4/c1-2-4-6-5(3-1)7-9-10-8-6/h1-4H. The van der Waals surface area contributed by atoms with E-state index in [-0.39, 0.29) is 0 Å². The topological polar surface area (TPSA) is 0 Å². The van der Waals surface area contributed by atoms with Crippen molar-refractivity contribution in [3.8, 4) is 0 Å². The van der Waals surface area contributed by atoms with Crippen LogP contribution in [0.3, 0.4) is 0 Å². The van der Waals surface area contributed by atoms with Gasteiger partial charge in [-0.05, 0) is 0 Å². The second-order valence-electron chi connectivity index (χ2n) is 2.35. The molecule has 1 aromatic carbocycles. The summed E-state index contributed by atoms with van der Waals surface area (Å²) in [5, 5.41) is 2.62. The third-order valence-corrected chi connectivity index (χ3v) is 1.66. The van der Waals surface area contributed by atoms with Gasteiger partial charge in [-0.25, -0.2) is 0 Å². The summed E-state index contributed by atoms with van der Waals surface area (Å²) >= 11 is 0. The molecule has 0 unspecified atom stereocenters. The molecule has 40 valence electrons. The van der Waals surface area contributed by atoms with Crippen LogP contribution in [0.2, 0.25) is 0 Å². The average Bonchev–Trinajstić information content (AvgIpc) is 2.05. The molecule has 0 atom stereocenters. The van der Waals surface area contributed by atoms with Crippen LogP contribution in [0.1, 0.15) is 0 Å². The molecule has 0 N–H and O–H groups in total. The van der Waals surface area contributed by atoms with Gasteiger partial charge in [0.05, 0.1) is 0 Å². The minimum absolute atomic E-state index is 1.31. The van der Waals surface area contributed by atoms with E-state index >= 15 is 0 Å². The van der Waals surface area contributed by atoms with Crippen molar-refractivity contribution in [3.63, 3.8) is 0 Å². The van der Waals surface area contributed by atoms with Crippen LogP contribution in [0.4, 0.5) is 0 Å². The molecule has 2 rings (SSSR count). The van der Waals surface area contributed by atoms with Gasteiger partial charge in [-0.2, -0.15) is 0 Å². The van der Waals surface area contributed by atoms with E-state index in [4.69, 9.17) is 0 Å². The molecule has 1 aromatic heterocycles. The van der Waals surface area contributed by atoms with E-state index in [2.05, 4.69) is 51.2 Å². The van der Waals surface area contributed by atoms with Crippen LogP contribution in [0.15, 0.2) is 24.3 Å². The van der Waals surface area contributed by atoms with Crippen molar-refractivity contribution in [2.24, 2.45) is 0 Å². The number of fused-ring (bicyclic) bond motifs is 1. The Balaban J connectivity index is 2.89. The van der Waals surface area contributed by atoms with Crippen LogP contribution in [-0.4, -0.2) is 27.0 Å². The Morgan fingerprint density at radius 2 is 1.30 bits per heavy atom. The Morgan fingerprint density at radius 1 is 0.800 bits per heavy atom. The Labute approximate surface area is 62.5 Å². The first kappa shape index (κ1) is 6.21. The van der Waals surface area contributed by atoms with Crippen molar-refractivity contribution in [2.45, 2.75) is 0 Å². The number of hydrogen-bond donors (Lipinski definition) is 0. The molecule has 0 aliphatic carbocycles.